The average molecular weight is 648 g/mol. The van der Waals surface area contributed by atoms with Crippen molar-refractivity contribution in [3.05, 3.63) is 159 Å². The molecule has 5 aromatic carbocycles. The van der Waals surface area contributed by atoms with Gasteiger partial charge in [-0.3, -0.25) is 0 Å². The monoisotopic (exact) mass is 647 g/mol. The first-order valence-corrected chi connectivity index (χ1v) is 17.4. The molecule has 0 aliphatic carbocycles. The topological polar surface area (TPSA) is 9.72 Å². The van der Waals surface area contributed by atoms with Crippen LogP contribution in [0, 0.1) is 62.3 Å². The number of benzene rings is 5. The molecule has 0 aromatic heterocycles. The highest BCUT2D eigenvalue weighted by atomic mass is 15.2. The fourth-order valence-corrected chi connectivity index (χ4v) is 7.23. The first-order chi connectivity index (χ1) is 23.4. The Morgan fingerprint density at radius 1 is 0.531 bits per heavy atom. The van der Waals surface area contributed by atoms with Crippen LogP contribution in [-0.2, 0) is 0 Å². The predicted molar refractivity (Wildman–Crippen MR) is 215 cm³/mol. The fourth-order valence-electron chi connectivity index (χ4n) is 7.23. The number of aryl methyl sites for hydroxylation is 6. The molecule has 3 nitrogen and oxygen atoms in total. The van der Waals surface area contributed by atoms with Gasteiger partial charge in [-0.05, 0) is 140 Å². The number of hydrogen-bond acceptors (Lipinski definition) is 3. The number of anilines is 7. The van der Waals surface area contributed by atoms with Gasteiger partial charge in [-0.25, -0.2) is 0 Å². The van der Waals surface area contributed by atoms with Gasteiger partial charge in [0.2, 0.25) is 0 Å². The third-order valence-corrected chi connectivity index (χ3v) is 9.77. The van der Waals surface area contributed by atoms with Crippen molar-refractivity contribution in [1.29, 1.82) is 0 Å². The zero-order valence-corrected chi connectivity index (χ0v) is 31.5. The molecular formula is C46H53N3. The molecule has 0 heterocycles. The summed E-state index contributed by atoms with van der Waals surface area (Å²) in [7, 11) is 0. The molecule has 3 heteroatoms. The van der Waals surface area contributed by atoms with E-state index in [4.69, 9.17) is 0 Å². The SMILES string of the molecule is C=CCN(/C(C)=C/C)c1c(C)c(N(c2ccc(C)cc2)c2ccc(C)cc2C)c(C)c(N(c2ccc(C)cc2)c2ccc(C)cc2C)c1C. The largest absolute Gasteiger partial charge is 0.341 e. The summed E-state index contributed by atoms with van der Waals surface area (Å²) < 4.78 is 0. The van der Waals surface area contributed by atoms with Gasteiger partial charge in [0, 0.05) is 35.0 Å². The first-order valence-electron chi connectivity index (χ1n) is 17.4. The van der Waals surface area contributed by atoms with Crippen LogP contribution in [0.25, 0.3) is 0 Å². The lowest BCUT2D eigenvalue weighted by Gasteiger charge is -2.39. The summed E-state index contributed by atoms with van der Waals surface area (Å²) in [6.45, 7) is 29.2. The minimum Gasteiger partial charge on any atom is -0.341 e. The van der Waals surface area contributed by atoms with Crippen LogP contribution in [0.15, 0.2) is 109 Å². The van der Waals surface area contributed by atoms with Crippen LogP contribution in [0.1, 0.15) is 63.9 Å². The van der Waals surface area contributed by atoms with Gasteiger partial charge in [-0.1, -0.05) is 82.9 Å². The van der Waals surface area contributed by atoms with Crippen LogP contribution in [0.2, 0.25) is 0 Å². The van der Waals surface area contributed by atoms with Gasteiger partial charge >= 0.3 is 0 Å². The van der Waals surface area contributed by atoms with Gasteiger partial charge in [0.05, 0.1) is 17.1 Å². The summed E-state index contributed by atoms with van der Waals surface area (Å²) in [4.78, 5) is 7.39. The Morgan fingerprint density at radius 3 is 1.24 bits per heavy atom. The van der Waals surface area contributed by atoms with E-state index in [1.54, 1.807) is 0 Å². The van der Waals surface area contributed by atoms with Gasteiger partial charge in [-0.15, -0.1) is 6.58 Å². The molecule has 0 saturated carbocycles. The van der Waals surface area contributed by atoms with Gasteiger partial charge < -0.3 is 14.7 Å². The van der Waals surface area contributed by atoms with Crippen molar-refractivity contribution in [2.75, 3.05) is 21.2 Å². The molecule has 0 amide bonds. The maximum Gasteiger partial charge on any atom is 0.0562 e. The highest BCUT2D eigenvalue weighted by Crippen LogP contribution is 2.52. The molecule has 0 atom stereocenters. The van der Waals surface area contributed by atoms with E-state index >= 15 is 0 Å². The Balaban J connectivity index is 2.00. The average Bonchev–Trinajstić information content (AvgIpc) is 3.06. The fraction of sp³-hybridized carbons (Fsp3) is 0.261. The summed E-state index contributed by atoms with van der Waals surface area (Å²) in [5, 5.41) is 0. The molecule has 0 radical (unpaired) electrons. The standard InChI is InChI=1S/C46H53N3/c1-13-27-47(36(9)14-2)44-37(10)45(48(40-21-15-30(3)16-22-40)42-25-19-32(5)28-34(42)7)39(12)46(38(44)11)49(41-23-17-31(4)18-24-41)43-26-20-33(6)29-35(43)8/h13-26,28-29H,1,27H2,2-12H3/b36-14+. The summed E-state index contributed by atoms with van der Waals surface area (Å²) in [5.74, 6) is 0. The van der Waals surface area contributed by atoms with Crippen molar-refractivity contribution in [2.24, 2.45) is 0 Å². The molecule has 0 fully saturated rings. The Kier molecular flexibility index (Phi) is 10.5. The van der Waals surface area contributed by atoms with Crippen molar-refractivity contribution in [3.8, 4) is 0 Å². The van der Waals surface area contributed by atoms with E-state index in [1.165, 1.54) is 84.2 Å². The lowest BCUT2D eigenvalue weighted by molar-refractivity contribution is 0.981. The third-order valence-electron chi connectivity index (χ3n) is 9.77. The molecule has 5 rings (SSSR count). The normalized spacial score (nSPS) is 11.4. The van der Waals surface area contributed by atoms with Crippen LogP contribution < -0.4 is 14.7 Å². The van der Waals surface area contributed by atoms with E-state index in [2.05, 4.69) is 188 Å². The number of rotatable bonds is 10. The molecule has 0 aliphatic heterocycles. The zero-order chi connectivity index (χ0) is 35.6. The third kappa shape index (κ3) is 6.94. The summed E-state index contributed by atoms with van der Waals surface area (Å²) in [6, 6.07) is 31.5. The van der Waals surface area contributed by atoms with E-state index in [9.17, 15) is 0 Å². The van der Waals surface area contributed by atoms with Gasteiger partial charge in [-0.2, -0.15) is 0 Å². The molecule has 0 spiro atoms. The Hall–Kier alpha value is -5.02. The molecule has 252 valence electrons. The van der Waals surface area contributed by atoms with Crippen LogP contribution in [-0.4, -0.2) is 6.54 Å². The molecule has 0 saturated heterocycles. The second kappa shape index (κ2) is 14.6. The second-order valence-corrected chi connectivity index (χ2v) is 13.7. The predicted octanol–water partition coefficient (Wildman–Crippen LogP) is 13.3. The van der Waals surface area contributed by atoms with E-state index in [0.29, 0.717) is 6.54 Å². The maximum atomic E-state index is 4.19. The summed E-state index contributed by atoms with van der Waals surface area (Å²) >= 11 is 0. The molecule has 0 aliphatic rings. The number of allylic oxidation sites excluding steroid dienone is 2. The van der Waals surface area contributed by atoms with Gasteiger partial charge in [0.1, 0.15) is 0 Å². The van der Waals surface area contributed by atoms with Gasteiger partial charge in [0.25, 0.3) is 0 Å². The van der Waals surface area contributed by atoms with Crippen molar-refractivity contribution in [3.63, 3.8) is 0 Å². The Morgan fingerprint density at radius 2 is 0.898 bits per heavy atom. The van der Waals surface area contributed by atoms with Crippen LogP contribution in [0.5, 0.6) is 0 Å². The lowest BCUT2D eigenvalue weighted by atomic mass is 9.93. The van der Waals surface area contributed by atoms with Gasteiger partial charge in [0.15, 0.2) is 0 Å². The highest BCUT2D eigenvalue weighted by molar-refractivity contribution is 5.95. The van der Waals surface area contributed by atoms with Crippen molar-refractivity contribution in [2.45, 2.75) is 76.2 Å². The molecule has 0 bridgehead atoms. The summed E-state index contributed by atoms with van der Waals surface area (Å²) in [6.07, 6.45) is 4.21. The maximum absolute atomic E-state index is 4.19. The molecule has 0 N–H and O–H groups in total. The van der Waals surface area contributed by atoms with E-state index < -0.39 is 0 Å². The van der Waals surface area contributed by atoms with E-state index in [-0.39, 0.29) is 0 Å². The van der Waals surface area contributed by atoms with Crippen LogP contribution in [0.4, 0.5) is 39.8 Å². The lowest BCUT2D eigenvalue weighted by Crippen LogP contribution is -2.26. The minimum absolute atomic E-state index is 0.696. The smallest absolute Gasteiger partial charge is 0.0562 e. The quantitative estimate of drug-likeness (QED) is 0.140. The number of nitrogens with zero attached hydrogens (tertiary/aromatic N) is 3. The van der Waals surface area contributed by atoms with E-state index in [0.717, 1.165) is 11.4 Å². The minimum atomic E-state index is 0.696. The number of hydrogen-bond donors (Lipinski definition) is 0. The Bertz CT molecular complexity index is 1880. The van der Waals surface area contributed by atoms with Crippen molar-refractivity contribution < 1.29 is 0 Å². The van der Waals surface area contributed by atoms with Crippen LogP contribution in [0.3, 0.4) is 0 Å². The molecular weight excluding hydrogens is 595 g/mol. The Labute approximate surface area is 295 Å². The highest BCUT2D eigenvalue weighted by Gasteiger charge is 2.30. The first kappa shape index (κ1) is 35.3. The zero-order valence-electron chi connectivity index (χ0n) is 31.5. The summed E-state index contributed by atoms with van der Waals surface area (Å²) in [5.41, 5.74) is 20.5. The van der Waals surface area contributed by atoms with Crippen molar-refractivity contribution in [1.82, 2.24) is 0 Å². The van der Waals surface area contributed by atoms with Crippen molar-refractivity contribution >= 4 is 39.8 Å². The van der Waals surface area contributed by atoms with E-state index in [1.807, 2.05) is 6.08 Å². The molecule has 0 unspecified atom stereocenters. The molecule has 5 aromatic rings. The van der Waals surface area contributed by atoms with Crippen LogP contribution >= 0.6 is 0 Å². The molecule has 49 heavy (non-hydrogen) atoms. The second-order valence-electron chi connectivity index (χ2n) is 13.7.